The van der Waals surface area contributed by atoms with Gasteiger partial charge in [0.2, 0.25) is 0 Å². The minimum absolute atomic E-state index is 0.0468. The minimum atomic E-state index is -0.766. The van der Waals surface area contributed by atoms with Gasteiger partial charge in [-0.05, 0) is 49.4 Å². The maximum absolute atomic E-state index is 14.3. The lowest BCUT2D eigenvalue weighted by Gasteiger charge is -2.66. The van der Waals surface area contributed by atoms with Gasteiger partial charge < -0.3 is 23.8 Å². The van der Waals surface area contributed by atoms with E-state index in [-0.39, 0.29) is 24.7 Å². The van der Waals surface area contributed by atoms with Crippen LogP contribution in [0.25, 0.3) is 0 Å². The van der Waals surface area contributed by atoms with E-state index in [1.165, 1.54) is 11.1 Å². The summed E-state index contributed by atoms with van der Waals surface area (Å²) in [6.45, 7) is 6.34. The van der Waals surface area contributed by atoms with Crippen LogP contribution in [-0.2, 0) is 32.6 Å². The predicted molar refractivity (Wildman–Crippen MR) is 135 cm³/mol. The molecule has 6 aliphatic rings. The molecule has 4 aliphatic heterocycles. The van der Waals surface area contributed by atoms with E-state index in [0.717, 1.165) is 55.8 Å². The first kappa shape index (κ1) is 22.1. The molecule has 6 atom stereocenters. The van der Waals surface area contributed by atoms with Crippen LogP contribution >= 0.6 is 0 Å². The van der Waals surface area contributed by atoms with Gasteiger partial charge in [0, 0.05) is 30.1 Å². The van der Waals surface area contributed by atoms with Crippen LogP contribution in [-0.4, -0.2) is 66.2 Å². The highest BCUT2D eigenvalue weighted by Gasteiger charge is 2.84. The summed E-state index contributed by atoms with van der Waals surface area (Å²) in [5.41, 5.74) is 1.95. The summed E-state index contributed by atoms with van der Waals surface area (Å²) in [6, 6.07) is 14.6. The van der Waals surface area contributed by atoms with Crippen molar-refractivity contribution in [3.63, 3.8) is 0 Å². The molecule has 0 aromatic heterocycles. The lowest BCUT2D eigenvalue weighted by molar-refractivity contribution is -0.259. The highest BCUT2D eigenvalue weighted by atomic mass is 16.7. The van der Waals surface area contributed by atoms with Gasteiger partial charge in [-0.15, -0.1) is 6.58 Å². The molecule has 4 heterocycles. The van der Waals surface area contributed by atoms with E-state index in [2.05, 4.69) is 29.7 Å². The Morgan fingerprint density at radius 2 is 2.03 bits per heavy atom. The van der Waals surface area contributed by atoms with E-state index in [0.29, 0.717) is 6.54 Å². The number of amides is 1. The van der Waals surface area contributed by atoms with Gasteiger partial charge in [0.15, 0.2) is 24.0 Å². The van der Waals surface area contributed by atoms with Crippen molar-refractivity contribution in [3.8, 4) is 11.5 Å². The van der Waals surface area contributed by atoms with Crippen molar-refractivity contribution in [1.29, 1.82) is 0 Å². The number of rotatable bonds is 5. The standard InChI is InChI=1S/C30H32N2O5/c1-3-14-31-15-13-28-23-20-9-10-21(34-2)24(23)35-18-36-30-12-11-29(28,22(31)16-20)37-25(26(28)30)27(33)32(30)17-19-7-5-4-6-8-19/h3-10,22,25-26H,1,11-18H2,2H3/t22?,25-,26?,28?,29?,30?/m0/s1. The monoisotopic (exact) mass is 500 g/mol. The molecule has 0 N–H and O–H groups in total. The van der Waals surface area contributed by atoms with Crippen LogP contribution in [0.4, 0.5) is 0 Å². The molecule has 37 heavy (non-hydrogen) atoms. The molecule has 5 unspecified atom stereocenters. The number of likely N-dealkylation sites (tertiary alicyclic amines) is 2. The van der Waals surface area contributed by atoms with Gasteiger partial charge in [-0.1, -0.05) is 42.5 Å². The molecular formula is C30H32N2O5. The Hall–Kier alpha value is -2.87. The third-order valence-corrected chi connectivity index (χ3v) is 10.4. The molecule has 4 fully saturated rings. The lowest BCUT2D eigenvalue weighted by atomic mass is 9.45. The van der Waals surface area contributed by atoms with Gasteiger partial charge in [-0.25, -0.2) is 0 Å². The second-order valence-corrected chi connectivity index (χ2v) is 11.4. The van der Waals surface area contributed by atoms with Crippen LogP contribution in [0.1, 0.15) is 36.0 Å². The summed E-state index contributed by atoms with van der Waals surface area (Å²) in [5.74, 6) is 1.44. The fourth-order valence-electron chi connectivity index (χ4n) is 9.22. The summed E-state index contributed by atoms with van der Waals surface area (Å²) < 4.78 is 26.2. The minimum Gasteiger partial charge on any atom is -0.493 e. The zero-order chi connectivity index (χ0) is 25.0. The zero-order valence-corrected chi connectivity index (χ0v) is 21.2. The first-order valence-corrected chi connectivity index (χ1v) is 13.4. The van der Waals surface area contributed by atoms with Crippen molar-refractivity contribution < 1.29 is 23.7 Å². The quantitative estimate of drug-likeness (QED) is 0.587. The van der Waals surface area contributed by atoms with Gasteiger partial charge in [-0.2, -0.15) is 0 Å². The van der Waals surface area contributed by atoms with E-state index in [4.69, 9.17) is 18.9 Å². The van der Waals surface area contributed by atoms with Gasteiger partial charge in [0.25, 0.3) is 5.91 Å². The maximum atomic E-state index is 14.3. The van der Waals surface area contributed by atoms with Crippen molar-refractivity contribution in [2.45, 2.75) is 61.1 Å². The average Bonchev–Trinajstić information content (AvgIpc) is 3.28. The topological polar surface area (TPSA) is 60.5 Å². The molecule has 1 saturated carbocycles. The molecule has 0 radical (unpaired) electrons. The molecular weight excluding hydrogens is 468 g/mol. The molecule has 2 aromatic carbocycles. The fourth-order valence-corrected chi connectivity index (χ4v) is 9.22. The molecule has 8 rings (SSSR count). The first-order chi connectivity index (χ1) is 18.1. The van der Waals surface area contributed by atoms with E-state index >= 15 is 0 Å². The van der Waals surface area contributed by atoms with E-state index in [1.54, 1.807) is 7.11 Å². The Labute approximate surface area is 216 Å². The second-order valence-electron chi connectivity index (χ2n) is 11.4. The van der Waals surface area contributed by atoms with Crippen LogP contribution in [0, 0.1) is 5.92 Å². The highest BCUT2D eigenvalue weighted by molar-refractivity contribution is 5.87. The van der Waals surface area contributed by atoms with E-state index in [1.807, 2.05) is 35.2 Å². The largest absolute Gasteiger partial charge is 0.493 e. The van der Waals surface area contributed by atoms with Crippen LogP contribution in [0.5, 0.6) is 11.5 Å². The third-order valence-electron chi connectivity index (χ3n) is 10.4. The zero-order valence-electron chi connectivity index (χ0n) is 21.2. The number of hydrogen-bond donors (Lipinski definition) is 0. The second kappa shape index (κ2) is 7.37. The number of nitrogens with zero attached hydrogens (tertiary/aromatic N) is 2. The molecule has 7 nitrogen and oxygen atoms in total. The molecule has 5 bridgehead atoms. The molecule has 7 heteroatoms. The molecule has 2 aliphatic carbocycles. The smallest absolute Gasteiger partial charge is 0.254 e. The number of carbonyl (C=O) groups is 1. The molecule has 2 aromatic rings. The van der Waals surface area contributed by atoms with Crippen molar-refractivity contribution in [2.75, 3.05) is 27.0 Å². The van der Waals surface area contributed by atoms with Crippen molar-refractivity contribution >= 4 is 5.91 Å². The number of carbonyl (C=O) groups excluding carboxylic acids is 1. The van der Waals surface area contributed by atoms with Gasteiger partial charge >= 0.3 is 0 Å². The molecule has 3 saturated heterocycles. The number of piperidine rings is 1. The van der Waals surface area contributed by atoms with Gasteiger partial charge in [0.1, 0.15) is 6.10 Å². The molecule has 1 spiro atoms. The average molecular weight is 501 g/mol. The van der Waals surface area contributed by atoms with Crippen LogP contribution < -0.4 is 9.47 Å². The Kier molecular flexibility index (Phi) is 4.41. The summed E-state index contributed by atoms with van der Waals surface area (Å²) >= 11 is 0. The van der Waals surface area contributed by atoms with Gasteiger partial charge in [0.05, 0.1) is 18.6 Å². The van der Waals surface area contributed by atoms with E-state index < -0.39 is 22.8 Å². The Morgan fingerprint density at radius 3 is 2.84 bits per heavy atom. The first-order valence-electron chi connectivity index (χ1n) is 13.4. The summed E-state index contributed by atoms with van der Waals surface area (Å²) in [4.78, 5) is 18.8. The lowest BCUT2D eigenvalue weighted by Crippen LogP contribution is -2.76. The van der Waals surface area contributed by atoms with Crippen molar-refractivity contribution in [2.24, 2.45) is 5.92 Å². The number of ether oxygens (including phenoxy) is 4. The SMILES string of the molecule is C=CCN1CCC23c4c5ccc(OC)c4OCOC46CCC2(O[C@H](C(=O)N4Cc2ccccc2)C63)C1C5. The van der Waals surface area contributed by atoms with Crippen LogP contribution in [0.15, 0.2) is 55.1 Å². The Morgan fingerprint density at radius 1 is 1.16 bits per heavy atom. The number of hydrogen-bond acceptors (Lipinski definition) is 6. The number of methoxy groups -OCH3 is 1. The summed E-state index contributed by atoms with van der Waals surface area (Å²) in [6.07, 6.45) is 4.79. The van der Waals surface area contributed by atoms with Crippen molar-refractivity contribution in [3.05, 3.63) is 71.8 Å². The predicted octanol–water partition coefficient (Wildman–Crippen LogP) is 3.40. The Balaban J connectivity index is 1.38. The maximum Gasteiger partial charge on any atom is 0.254 e. The van der Waals surface area contributed by atoms with Gasteiger partial charge in [-0.3, -0.25) is 9.69 Å². The molecule has 192 valence electrons. The summed E-state index contributed by atoms with van der Waals surface area (Å²) in [5, 5.41) is 0. The third kappa shape index (κ3) is 2.42. The Bertz CT molecular complexity index is 1310. The number of benzene rings is 2. The van der Waals surface area contributed by atoms with E-state index in [9.17, 15) is 4.79 Å². The summed E-state index contributed by atoms with van der Waals surface area (Å²) in [7, 11) is 1.69. The highest BCUT2D eigenvalue weighted by Crippen LogP contribution is 2.74. The van der Waals surface area contributed by atoms with Crippen molar-refractivity contribution in [1.82, 2.24) is 9.80 Å². The normalized spacial score (nSPS) is 38.6. The van der Waals surface area contributed by atoms with Crippen LogP contribution in [0.3, 0.4) is 0 Å². The fraction of sp³-hybridized carbons (Fsp3) is 0.500. The molecule has 1 amide bonds. The van der Waals surface area contributed by atoms with Crippen LogP contribution in [0.2, 0.25) is 0 Å².